The molecule has 2 nitrogen and oxygen atoms in total. The first-order valence-corrected chi connectivity index (χ1v) is 7.24. The summed E-state index contributed by atoms with van der Waals surface area (Å²) in [5.74, 6) is 0.808. The van der Waals surface area contributed by atoms with Crippen molar-refractivity contribution in [2.24, 2.45) is 5.92 Å². The maximum atomic E-state index is 6.20. The van der Waals surface area contributed by atoms with Crippen LogP contribution in [0.25, 0.3) is 0 Å². The molecule has 1 aromatic rings. The van der Waals surface area contributed by atoms with E-state index < -0.39 is 0 Å². The number of piperidine rings is 1. The molecule has 1 aromatic carbocycles. The second-order valence-corrected chi connectivity index (χ2v) is 5.97. The lowest BCUT2D eigenvalue weighted by Crippen LogP contribution is -2.34. The molecule has 4 heteroatoms. The van der Waals surface area contributed by atoms with Gasteiger partial charge in [0.25, 0.3) is 0 Å². The van der Waals surface area contributed by atoms with E-state index in [4.69, 9.17) is 23.2 Å². The Morgan fingerprint density at radius 3 is 2.67 bits per heavy atom. The van der Waals surface area contributed by atoms with Crippen LogP contribution in [0, 0.1) is 5.92 Å². The highest BCUT2D eigenvalue weighted by Crippen LogP contribution is 2.22. The summed E-state index contributed by atoms with van der Waals surface area (Å²) < 4.78 is 0. The molecule has 18 heavy (non-hydrogen) atoms. The molecule has 0 aromatic heterocycles. The van der Waals surface area contributed by atoms with Crippen molar-refractivity contribution in [3.05, 3.63) is 33.8 Å². The molecule has 0 atom stereocenters. The van der Waals surface area contributed by atoms with Crippen molar-refractivity contribution < 1.29 is 0 Å². The second-order valence-electron chi connectivity index (χ2n) is 5.13. The van der Waals surface area contributed by atoms with Gasteiger partial charge in [0, 0.05) is 23.1 Å². The summed E-state index contributed by atoms with van der Waals surface area (Å²) in [6.45, 7) is 4.33. The predicted molar refractivity (Wildman–Crippen MR) is 78.4 cm³/mol. The summed E-state index contributed by atoms with van der Waals surface area (Å²) in [4.78, 5) is 2.35. The summed E-state index contributed by atoms with van der Waals surface area (Å²) in [6.07, 6.45) is 2.55. The first-order valence-electron chi connectivity index (χ1n) is 6.48. The van der Waals surface area contributed by atoms with Crippen LogP contribution in [-0.4, -0.2) is 31.6 Å². The number of benzene rings is 1. The third-order valence-corrected chi connectivity index (χ3v) is 4.07. The van der Waals surface area contributed by atoms with Gasteiger partial charge in [0.1, 0.15) is 0 Å². The van der Waals surface area contributed by atoms with Gasteiger partial charge in [0.2, 0.25) is 0 Å². The van der Waals surface area contributed by atoms with Gasteiger partial charge in [-0.05, 0) is 56.6 Å². The van der Waals surface area contributed by atoms with Crippen LogP contribution in [0.3, 0.4) is 0 Å². The van der Waals surface area contributed by atoms with E-state index in [9.17, 15) is 0 Å². The van der Waals surface area contributed by atoms with E-state index in [1.807, 2.05) is 18.2 Å². The Balaban J connectivity index is 1.87. The zero-order valence-electron chi connectivity index (χ0n) is 10.8. The number of halogens is 2. The molecule has 0 aliphatic carbocycles. The normalized spacial score (nSPS) is 17.3. The molecule has 0 bridgehead atoms. The van der Waals surface area contributed by atoms with Crippen molar-refractivity contribution in [2.75, 3.05) is 26.7 Å². The minimum Gasteiger partial charge on any atom is -0.317 e. The number of hydrogen-bond acceptors (Lipinski definition) is 2. The van der Waals surface area contributed by atoms with Gasteiger partial charge < -0.3 is 10.2 Å². The maximum Gasteiger partial charge on any atom is 0.0465 e. The first-order chi connectivity index (χ1) is 8.65. The van der Waals surface area contributed by atoms with Crippen LogP contribution in [0.5, 0.6) is 0 Å². The summed E-state index contributed by atoms with van der Waals surface area (Å²) in [5, 5.41) is 4.86. The van der Waals surface area contributed by atoms with Crippen molar-refractivity contribution in [2.45, 2.75) is 19.4 Å². The van der Waals surface area contributed by atoms with Crippen LogP contribution in [0.2, 0.25) is 10.0 Å². The third-order valence-electron chi connectivity index (χ3n) is 3.48. The first kappa shape index (κ1) is 14.1. The van der Waals surface area contributed by atoms with Gasteiger partial charge in [0.05, 0.1) is 0 Å². The number of hydrogen-bond donors (Lipinski definition) is 1. The standard InChI is InChI=1S/C14H20Cl2N2/c1-18(9-11-4-6-17-7-5-11)10-12-2-3-13(15)8-14(12)16/h2-3,8,11,17H,4-7,9-10H2,1H3. The quantitative estimate of drug-likeness (QED) is 0.912. The molecule has 1 fully saturated rings. The molecule has 1 heterocycles. The number of rotatable bonds is 4. The molecule has 100 valence electrons. The predicted octanol–water partition coefficient (Wildman–Crippen LogP) is 3.42. The zero-order chi connectivity index (χ0) is 13.0. The van der Waals surface area contributed by atoms with Crippen LogP contribution in [0.15, 0.2) is 18.2 Å². The molecule has 1 N–H and O–H groups in total. The number of nitrogens with one attached hydrogen (secondary N) is 1. The Morgan fingerprint density at radius 2 is 2.00 bits per heavy atom. The molecule has 1 aliphatic heterocycles. The van der Waals surface area contributed by atoms with E-state index in [1.54, 1.807) is 0 Å². The van der Waals surface area contributed by atoms with Gasteiger partial charge in [-0.1, -0.05) is 29.3 Å². The lowest BCUT2D eigenvalue weighted by molar-refractivity contribution is 0.234. The molecular weight excluding hydrogens is 267 g/mol. The average molecular weight is 287 g/mol. The minimum atomic E-state index is 0.699. The van der Waals surface area contributed by atoms with Crippen LogP contribution in [0.4, 0.5) is 0 Å². The third kappa shape index (κ3) is 4.13. The summed E-state index contributed by atoms with van der Waals surface area (Å²) in [7, 11) is 2.16. The van der Waals surface area contributed by atoms with Crippen molar-refractivity contribution >= 4 is 23.2 Å². The van der Waals surface area contributed by atoms with Gasteiger partial charge in [-0.3, -0.25) is 0 Å². The van der Waals surface area contributed by atoms with E-state index in [0.717, 1.165) is 42.7 Å². The monoisotopic (exact) mass is 286 g/mol. The topological polar surface area (TPSA) is 15.3 Å². The Kier molecular flexibility index (Phi) is 5.31. The molecular formula is C14H20Cl2N2. The Labute approximate surface area is 119 Å². The van der Waals surface area contributed by atoms with E-state index in [0.29, 0.717) is 5.02 Å². The summed E-state index contributed by atoms with van der Waals surface area (Å²) in [6, 6.07) is 5.74. The van der Waals surface area contributed by atoms with Crippen LogP contribution >= 0.6 is 23.2 Å². The lowest BCUT2D eigenvalue weighted by atomic mass is 9.97. The highest BCUT2D eigenvalue weighted by atomic mass is 35.5. The molecule has 1 saturated heterocycles. The second kappa shape index (κ2) is 6.76. The van der Waals surface area contributed by atoms with E-state index in [2.05, 4.69) is 17.3 Å². The van der Waals surface area contributed by atoms with Gasteiger partial charge in [-0.25, -0.2) is 0 Å². The largest absolute Gasteiger partial charge is 0.317 e. The highest BCUT2D eigenvalue weighted by Gasteiger charge is 2.15. The van der Waals surface area contributed by atoms with Gasteiger partial charge >= 0.3 is 0 Å². The fourth-order valence-electron chi connectivity index (χ4n) is 2.51. The molecule has 0 radical (unpaired) electrons. The minimum absolute atomic E-state index is 0.699. The van der Waals surface area contributed by atoms with E-state index in [1.165, 1.54) is 12.8 Å². The van der Waals surface area contributed by atoms with Gasteiger partial charge in [-0.15, -0.1) is 0 Å². The molecule has 2 rings (SSSR count). The Morgan fingerprint density at radius 1 is 1.28 bits per heavy atom. The van der Waals surface area contributed by atoms with E-state index in [-0.39, 0.29) is 0 Å². The fourth-order valence-corrected chi connectivity index (χ4v) is 2.98. The zero-order valence-corrected chi connectivity index (χ0v) is 12.3. The van der Waals surface area contributed by atoms with Crippen molar-refractivity contribution in [1.82, 2.24) is 10.2 Å². The maximum absolute atomic E-state index is 6.20. The Bertz CT molecular complexity index is 389. The number of nitrogens with zero attached hydrogens (tertiary/aromatic N) is 1. The molecule has 0 spiro atoms. The van der Waals surface area contributed by atoms with Crippen molar-refractivity contribution in [3.8, 4) is 0 Å². The molecule has 1 aliphatic rings. The van der Waals surface area contributed by atoms with Crippen LogP contribution in [0.1, 0.15) is 18.4 Å². The van der Waals surface area contributed by atoms with E-state index >= 15 is 0 Å². The van der Waals surface area contributed by atoms with Crippen molar-refractivity contribution in [1.29, 1.82) is 0 Å². The smallest absolute Gasteiger partial charge is 0.0465 e. The molecule has 0 saturated carbocycles. The molecule has 0 amide bonds. The fraction of sp³-hybridized carbons (Fsp3) is 0.571. The van der Waals surface area contributed by atoms with Gasteiger partial charge in [-0.2, -0.15) is 0 Å². The summed E-state index contributed by atoms with van der Waals surface area (Å²) in [5.41, 5.74) is 1.15. The molecule has 0 unspecified atom stereocenters. The van der Waals surface area contributed by atoms with Crippen LogP contribution < -0.4 is 5.32 Å². The summed E-state index contributed by atoms with van der Waals surface area (Å²) >= 11 is 12.1. The Hall–Kier alpha value is -0.280. The van der Waals surface area contributed by atoms with Gasteiger partial charge in [0.15, 0.2) is 0 Å². The van der Waals surface area contributed by atoms with Crippen molar-refractivity contribution in [3.63, 3.8) is 0 Å². The highest BCUT2D eigenvalue weighted by molar-refractivity contribution is 6.35. The SMILES string of the molecule is CN(Cc1ccc(Cl)cc1Cl)CC1CCNCC1. The lowest BCUT2D eigenvalue weighted by Gasteiger charge is -2.27. The average Bonchev–Trinajstić information content (AvgIpc) is 2.34. The van der Waals surface area contributed by atoms with Crippen LogP contribution in [-0.2, 0) is 6.54 Å².